The average molecular weight is 206 g/mol. The number of imide groups is 1. The summed E-state index contributed by atoms with van der Waals surface area (Å²) in [5, 5.41) is 2.36. The molecule has 2 aliphatic heterocycles. The van der Waals surface area contributed by atoms with Gasteiger partial charge >= 0.3 is 0 Å². The van der Waals surface area contributed by atoms with Gasteiger partial charge in [-0.3, -0.25) is 19.8 Å². The number of rotatable bonds is 1. The number of nitrogens with zero attached hydrogens (tertiary/aromatic N) is 1. The Balaban J connectivity index is 2.06. The van der Waals surface area contributed by atoms with Gasteiger partial charge in [0.05, 0.1) is 6.04 Å². The molecule has 1 atom stereocenters. The Labute approximate surface area is 88.6 Å². The first-order chi connectivity index (χ1) is 7.08. The molecule has 0 aromatic carbocycles. The predicted molar refractivity (Wildman–Crippen MR) is 56.0 cm³/mol. The number of carbonyl (C=O) groups excluding carboxylic acids is 2. The van der Waals surface area contributed by atoms with Gasteiger partial charge in [0.2, 0.25) is 11.8 Å². The second-order valence-electron chi connectivity index (χ2n) is 4.08. The fourth-order valence-corrected chi connectivity index (χ4v) is 2.02. The first-order valence-electron chi connectivity index (χ1n) is 5.01. The van der Waals surface area contributed by atoms with E-state index in [9.17, 15) is 9.59 Å². The van der Waals surface area contributed by atoms with E-state index in [4.69, 9.17) is 0 Å². The third-order valence-corrected chi connectivity index (χ3v) is 2.94. The maximum atomic E-state index is 11.6. The maximum Gasteiger partial charge on any atom is 0.243 e. The van der Waals surface area contributed by atoms with E-state index in [0.29, 0.717) is 25.9 Å². The van der Waals surface area contributed by atoms with Gasteiger partial charge in [-0.25, -0.2) is 0 Å². The summed E-state index contributed by atoms with van der Waals surface area (Å²) >= 11 is 0. The van der Waals surface area contributed by atoms with Crippen LogP contribution < -0.4 is 5.32 Å². The highest BCUT2D eigenvalue weighted by atomic mass is 16.2. The van der Waals surface area contributed by atoms with Crippen LogP contribution in [0, 0.1) is 0 Å². The van der Waals surface area contributed by atoms with Crippen molar-refractivity contribution in [3.8, 4) is 0 Å². The van der Waals surface area contributed by atoms with E-state index in [1.165, 1.54) is 0 Å². The van der Waals surface area contributed by atoms with Crippen LogP contribution in [0.5, 0.6) is 0 Å². The lowest BCUT2D eigenvalue weighted by molar-refractivity contribution is -0.137. The zero-order chi connectivity index (χ0) is 11.0. The van der Waals surface area contributed by atoms with E-state index < -0.39 is 0 Å². The van der Waals surface area contributed by atoms with Gasteiger partial charge in [-0.15, -0.1) is 0 Å². The minimum absolute atomic E-state index is 0.173. The molecule has 0 radical (unpaired) electrons. The summed E-state index contributed by atoms with van der Waals surface area (Å²) in [5.41, 5.74) is 1.97. The van der Waals surface area contributed by atoms with Crippen molar-refractivity contribution in [2.45, 2.75) is 18.9 Å². The lowest BCUT2D eigenvalue weighted by Gasteiger charge is -2.28. The van der Waals surface area contributed by atoms with Gasteiger partial charge in [-0.2, -0.15) is 0 Å². The molecule has 0 aromatic heterocycles. The van der Waals surface area contributed by atoms with Crippen LogP contribution in [0.1, 0.15) is 12.8 Å². The maximum absolute atomic E-state index is 11.6. The lowest BCUT2D eigenvalue weighted by Crippen LogP contribution is -2.51. The van der Waals surface area contributed by atoms with Gasteiger partial charge in [-0.1, -0.05) is 13.2 Å². The normalized spacial score (nSPS) is 28.4. The molecule has 2 saturated heterocycles. The van der Waals surface area contributed by atoms with Gasteiger partial charge in [0.15, 0.2) is 0 Å². The SMILES string of the molecule is C=C1CN(C2CCC(=O)NC2=O)CC1=C. The predicted octanol–water partition coefficient (Wildman–Crippen LogP) is 0.220. The summed E-state index contributed by atoms with van der Waals surface area (Å²) in [6.07, 6.45) is 1.02. The van der Waals surface area contributed by atoms with Gasteiger partial charge in [-0.05, 0) is 17.6 Å². The van der Waals surface area contributed by atoms with Crippen molar-refractivity contribution in [3.63, 3.8) is 0 Å². The van der Waals surface area contributed by atoms with Crippen LogP contribution in [0.25, 0.3) is 0 Å². The summed E-state index contributed by atoms with van der Waals surface area (Å²) in [4.78, 5) is 24.6. The molecular weight excluding hydrogens is 192 g/mol. The summed E-state index contributed by atoms with van der Waals surface area (Å²) in [6.45, 7) is 9.13. The van der Waals surface area contributed by atoms with Gasteiger partial charge in [0, 0.05) is 19.5 Å². The van der Waals surface area contributed by atoms with Crippen LogP contribution in [0.2, 0.25) is 0 Å². The highest BCUT2D eigenvalue weighted by Gasteiger charge is 2.34. The van der Waals surface area contributed by atoms with Gasteiger partial charge in [0.1, 0.15) is 0 Å². The highest BCUT2D eigenvalue weighted by molar-refractivity contribution is 6.00. The molecule has 4 heteroatoms. The van der Waals surface area contributed by atoms with Crippen LogP contribution in [0.3, 0.4) is 0 Å². The Morgan fingerprint density at radius 2 is 1.80 bits per heavy atom. The zero-order valence-electron chi connectivity index (χ0n) is 8.58. The third-order valence-electron chi connectivity index (χ3n) is 2.94. The van der Waals surface area contributed by atoms with Gasteiger partial charge < -0.3 is 0 Å². The second kappa shape index (κ2) is 3.62. The number of piperidine rings is 1. The van der Waals surface area contributed by atoms with E-state index in [2.05, 4.69) is 18.5 Å². The Kier molecular flexibility index (Phi) is 2.44. The van der Waals surface area contributed by atoms with E-state index in [0.717, 1.165) is 11.1 Å². The van der Waals surface area contributed by atoms with Crippen molar-refractivity contribution in [1.82, 2.24) is 10.2 Å². The van der Waals surface area contributed by atoms with E-state index in [1.807, 2.05) is 4.90 Å². The fourth-order valence-electron chi connectivity index (χ4n) is 2.02. The molecule has 2 aliphatic rings. The Morgan fingerprint density at radius 3 is 2.33 bits per heavy atom. The van der Waals surface area contributed by atoms with E-state index >= 15 is 0 Å². The number of hydrogen-bond acceptors (Lipinski definition) is 3. The fraction of sp³-hybridized carbons (Fsp3) is 0.455. The van der Waals surface area contributed by atoms with Crippen molar-refractivity contribution < 1.29 is 9.59 Å². The second-order valence-corrected chi connectivity index (χ2v) is 4.08. The highest BCUT2D eigenvalue weighted by Crippen LogP contribution is 2.23. The molecule has 0 aliphatic carbocycles. The third kappa shape index (κ3) is 1.85. The average Bonchev–Trinajstić information content (AvgIpc) is 2.46. The molecule has 0 aromatic rings. The van der Waals surface area contributed by atoms with Crippen LogP contribution >= 0.6 is 0 Å². The number of hydrogen-bond donors (Lipinski definition) is 1. The first kappa shape index (κ1) is 10.1. The standard InChI is InChI=1S/C11H14N2O2/c1-7-5-13(6-8(7)2)9-3-4-10(14)12-11(9)15/h9H,1-6H2,(H,12,14,15). The molecule has 2 heterocycles. The minimum atomic E-state index is -0.196. The molecule has 1 unspecified atom stereocenters. The smallest absolute Gasteiger partial charge is 0.243 e. The summed E-state index contributed by atoms with van der Waals surface area (Å²) in [5.74, 6) is -0.359. The van der Waals surface area contributed by atoms with Crippen LogP contribution in [0.4, 0.5) is 0 Å². The van der Waals surface area contributed by atoms with Crippen molar-refractivity contribution in [3.05, 3.63) is 24.3 Å². The minimum Gasteiger partial charge on any atom is -0.295 e. The van der Waals surface area contributed by atoms with E-state index in [-0.39, 0.29) is 17.9 Å². The van der Waals surface area contributed by atoms with Crippen LogP contribution in [-0.2, 0) is 9.59 Å². The Morgan fingerprint density at radius 1 is 1.20 bits per heavy atom. The number of likely N-dealkylation sites (tertiary alicyclic amines) is 1. The molecule has 0 bridgehead atoms. The quantitative estimate of drug-likeness (QED) is 0.624. The molecule has 4 nitrogen and oxygen atoms in total. The molecule has 0 spiro atoms. The first-order valence-corrected chi connectivity index (χ1v) is 5.01. The number of amides is 2. The monoisotopic (exact) mass is 206 g/mol. The molecule has 15 heavy (non-hydrogen) atoms. The molecule has 2 amide bonds. The summed E-state index contributed by atoms with van der Waals surface area (Å²) in [6, 6.07) is -0.196. The Bertz CT molecular complexity index is 344. The number of nitrogens with one attached hydrogen (secondary N) is 1. The van der Waals surface area contributed by atoms with Crippen LogP contribution in [-0.4, -0.2) is 35.8 Å². The summed E-state index contributed by atoms with van der Waals surface area (Å²) in [7, 11) is 0. The van der Waals surface area contributed by atoms with E-state index in [1.54, 1.807) is 0 Å². The van der Waals surface area contributed by atoms with Crippen molar-refractivity contribution in [1.29, 1.82) is 0 Å². The molecule has 2 fully saturated rings. The molecule has 2 rings (SSSR count). The van der Waals surface area contributed by atoms with Gasteiger partial charge in [0.25, 0.3) is 0 Å². The molecule has 80 valence electrons. The zero-order valence-corrected chi connectivity index (χ0v) is 8.58. The van der Waals surface area contributed by atoms with Crippen molar-refractivity contribution in [2.75, 3.05) is 13.1 Å². The van der Waals surface area contributed by atoms with Crippen molar-refractivity contribution >= 4 is 11.8 Å². The molecule has 0 saturated carbocycles. The number of carbonyl (C=O) groups is 2. The lowest BCUT2D eigenvalue weighted by atomic mass is 10.1. The van der Waals surface area contributed by atoms with Crippen LogP contribution in [0.15, 0.2) is 24.3 Å². The molecule has 1 N–H and O–H groups in total. The molecular formula is C11H14N2O2. The largest absolute Gasteiger partial charge is 0.295 e. The summed E-state index contributed by atoms with van der Waals surface area (Å²) < 4.78 is 0. The van der Waals surface area contributed by atoms with Crippen molar-refractivity contribution in [2.24, 2.45) is 0 Å². The topological polar surface area (TPSA) is 49.4 Å². The Hall–Kier alpha value is -1.42.